The standard InChI is InChI=1S/C21H33FN4O/c1-26(21(27)17-6-5-12-23-15-17)13-4-2-3-7-19-14-20(25-24-19)16-8-10-18(22)11-9-16/h8-11,17,19-20,23-25H,2-7,12-15H2,1H3. The second-order valence-corrected chi connectivity index (χ2v) is 7.98. The smallest absolute Gasteiger partial charge is 0.226 e. The monoisotopic (exact) mass is 376 g/mol. The molecule has 6 heteroatoms. The summed E-state index contributed by atoms with van der Waals surface area (Å²) in [6.07, 6.45) is 7.62. The van der Waals surface area contributed by atoms with Crippen LogP contribution in [0.2, 0.25) is 0 Å². The van der Waals surface area contributed by atoms with E-state index in [1.807, 2.05) is 24.1 Å². The molecule has 2 aliphatic heterocycles. The van der Waals surface area contributed by atoms with E-state index in [2.05, 4.69) is 16.2 Å². The molecule has 1 aromatic carbocycles. The van der Waals surface area contributed by atoms with E-state index in [4.69, 9.17) is 0 Å². The topological polar surface area (TPSA) is 56.4 Å². The number of hydrogen-bond acceptors (Lipinski definition) is 4. The lowest BCUT2D eigenvalue weighted by Gasteiger charge is -2.27. The van der Waals surface area contributed by atoms with Crippen LogP contribution in [-0.2, 0) is 4.79 Å². The number of amides is 1. The number of carbonyl (C=O) groups excluding carboxylic acids is 1. The van der Waals surface area contributed by atoms with Gasteiger partial charge >= 0.3 is 0 Å². The molecule has 3 atom stereocenters. The lowest BCUT2D eigenvalue weighted by molar-refractivity contribution is -0.134. The van der Waals surface area contributed by atoms with Gasteiger partial charge in [-0.1, -0.05) is 25.0 Å². The third-order valence-corrected chi connectivity index (χ3v) is 5.82. The van der Waals surface area contributed by atoms with Gasteiger partial charge in [-0.2, -0.15) is 0 Å². The van der Waals surface area contributed by atoms with Gasteiger partial charge in [-0.3, -0.25) is 15.6 Å². The fourth-order valence-electron chi connectivity index (χ4n) is 4.13. The van der Waals surface area contributed by atoms with Crippen LogP contribution in [0.5, 0.6) is 0 Å². The Morgan fingerprint density at radius 3 is 2.74 bits per heavy atom. The van der Waals surface area contributed by atoms with Gasteiger partial charge in [-0.25, -0.2) is 4.39 Å². The van der Waals surface area contributed by atoms with Crippen molar-refractivity contribution in [3.8, 4) is 0 Å². The fraction of sp³-hybridized carbons (Fsp3) is 0.667. The maximum absolute atomic E-state index is 13.0. The fourth-order valence-corrected chi connectivity index (χ4v) is 4.13. The third kappa shape index (κ3) is 5.99. The molecule has 0 aliphatic carbocycles. The molecule has 2 fully saturated rings. The van der Waals surface area contributed by atoms with Gasteiger partial charge in [0.1, 0.15) is 5.82 Å². The molecule has 0 aromatic heterocycles. The van der Waals surface area contributed by atoms with Crippen molar-refractivity contribution in [1.29, 1.82) is 0 Å². The molecular weight excluding hydrogens is 343 g/mol. The predicted molar refractivity (Wildman–Crippen MR) is 106 cm³/mol. The Morgan fingerprint density at radius 2 is 2.00 bits per heavy atom. The van der Waals surface area contributed by atoms with Crippen molar-refractivity contribution < 1.29 is 9.18 Å². The molecule has 2 aliphatic rings. The zero-order chi connectivity index (χ0) is 19.1. The second kappa shape index (κ2) is 10.2. The van der Waals surface area contributed by atoms with E-state index in [1.54, 1.807) is 0 Å². The maximum Gasteiger partial charge on any atom is 0.226 e. The van der Waals surface area contributed by atoms with Crippen LogP contribution in [0.25, 0.3) is 0 Å². The SMILES string of the molecule is CN(CCCCCC1CC(c2ccc(F)cc2)NN1)C(=O)C1CCCNC1. The van der Waals surface area contributed by atoms with Gasteiger partial charge in [0.05, 0.1) is 5.92 Å². The van der Waals surface area contributed by atoms with Crippen molar-refractivity contribution in [2.45, 2.75) is 57.0 Å². The number of hydrazine groups is 1. The first-order valence-corrected chi connectivity index (χ1v) is 10.4. The Hall–Kier alpha value is -1.50. The highest BCUT2D eigenvalue weighted by molar-refractivity contribution is 5.78. The van der Waals surface area contributed by atoms with Crippen molar-refractivity contribution in [1.82, 2.24) is 21.1 Å². The summed E-state index contributed by atoms with van der Waals surface area (Å²) in [4.78, 5) is 14.3. The van der Waals surface area contributed by atoms with Gasteiger partial charge in [0, 0.05) is 32.2 Å². The Bertz CT molecular complexity index is 588. The molecule has 5 nitrogen and oxygen atoms in total. The van der Waals surface area contributed by atoms with Crippen molar-refractivity contribution in [3.05, 3.63) is 35.6 Å². The maximum atomic E-state index is 13.0. The highest BCUT2D eigenvalue weighted by Crippen LogP contribution is 2.24. The van der Waals surface area contributed by atoms with Crippen LogP contribution in [0.1, 0.15) is 56.6 Å². The largest absolute Gasteiger partial charge is 0.345 e. The summed E-state index contributed by atoms with van der Waals surface area (Å²) < 4.78 is 13.0. The minimum atomic E-state index is -0.190. The van der Waals surface area contributed by atoms with Crippen LogP contribution in [0, 0.1) is 11.7 Å². The van der Waals surface area contributed by atoms with Gasteiger partial charge in [0.15, 0.2) is 0 Å². The Labute approximate surface area is 162 Å². The Morgan fingerprint density at radius 1 is 1.19 bits per heavy atom. The first-order valence-electron chi connectivity index (χ1n) is 10.4. The van der Waals surface area contributed by atoms with Crippen molar-refractivity contribution in [3.63, 3.8) is 0 Å². The van der Waals surface area contributed by atoms with Crippen molar-refractivity contribution >= 4 is 5.91 Å². The van der Waals surface area contributed by atoms with Crippen molar-refractivity contribution in [2.24, 2.45) is 5.92 Å². The van der Waals surface area contributed by atoms with Gasteiger partial charge in [0.2, 0.25) is 5.91 Å². The molecule has 2 heterocycles. The molecule has 1 aromatic rings. The number of hydrogen-bond donors (Lipinski definition) is 3. The number of nitrogens with one attached hydrogen (secondary N) is 3. The zero-order valence-electron chi connectivity index (χ0n) is 16.3. The van der Waals surface area contributed by atoms with Crippen LogP contribution in [0.15, 0.2) is 24.3 Å². The summed E-state index contributed by atoms with van der Waals surface area (Å²) in [7, 11) is 1.94. The van der Waals surface area contributed by atoms with Crippen LogP contribution in [-0.4, -0.2) is 43.5 Å². The summed E-state index contributed by atoms with van der Waals surface area (Å²) in [5, 5.41) is 3.32. The van der Waals surface area contributed by atoms with E-state index in [9.17, 15) is 9.18 Å². The molecule has 3 N–H and O–H groups in total. The molecule has 27 heavy (non-hydrogen) atoms. The van der Waals surface area contributed by atoms with Crippen LogP contribution in [0.4, 0.5) is 4.39 Å². The summed E-state index contributed by atoms with van der Waals surface area (Å²) in [5.74, 6) is 0.274. The number of carbonyl (C=O) groups is 1. The first kappa shape index (κ1) is 20.2. The van der Waals surface area contributed by atoms with Gasteiger partial charge < -0.3 is 10.2 Å². The molecule has 0 saturated carbocycles. The molecule has 2 saturated heterocycles. The Balaban J connectivity index is 1.28. The summed E-state index contributed by atoms with van der Waals surface area (Å²) >= 11 is 0. The Kier molecular flexibility index (Phi) is 7.61. The lowest BCUT2D eigenvalue weighted by atomic mass is 9.98. The average Bonchev–Trinajstić information content (AvgIpc) is 3.17. The summed E-state index contributed by atoms with van der Waals surface area (Å²) in [5.41, 5.74) is 7.82. The highest BCUT2D eigenvalue weighted by Gasteiger charge is 2.25. The van der Waals surface area contributed by atoms with Gasteiger partial charge in [-0.05, 0) is 56.3 Å². The minimum Gasteiger partial charge on any atom is -0.345 e. The molecule has 150 valence electrons. The average molecular weight is 377 g/mol. The number of unbranched alkanes of at least 4 members (excludes halogenated alkanes) is 2. The van der Waals surface area contributed by atoms with Crippen LogP contribution >= 0.6 is 0 Å². The van der Waals surface area contributed by atoms with Gasteiger partial charge in [-0.15, -0.1) is 0 Å². The van der Waals surface area contributed by atoms with E-state index in [1.165, 1.54) is 12.1 Å². The molecule has 0 bridgehead atoms. The van der Waals surface area contributed by atoms with Crippen LogP contribution in [0.3, 0.4) is 0 Å². The molecule has 0 spiro atoms. The third-order valence-electron chi connectivity index (χ3n) is 5.82. The number of halogens is 1. The summed E-state index contributed by atoms with van der Waals surface area (Å²) in [6.45, 7) is 2.72. The number of piperidine rings is 1. The predicted octanol–water partition coefficient (Wildman–Crippen LogP) is 2.75. The second-order valence-electron chi connectivity index (χ2n) is 7.98. The molecule has 3 rings (SSSR count). The molecule has 1 amide bonds. The van der Waals surface area contributed by atoms with Gasteiger partial charge in [0.25, 0.3) is 0 Å². The quantitative estimate of drug-likeness (QED) is 0.611. The number of rotatable bonds is 8. The van der Waals surface area contributed by atoms with E-state index in [-0.39, 0.29) is 17.8 Å². The summed E-state index contributed by atoms with van der Waals surface area (Å²) in [6, 6.07) is 7.45. The highest BCUT2D eigenvalue weighted by atomic mass is 19.1. The molecule has 3 unspecified atom stereocenters. The van der Waals surface area contributed by atoms with Crippen LogP contribution < -0.4 is 16.2 Å². The normalized spacial score (nSPS) is 25.5. The first-order chi connectivity index (χ1) is 13.1. The van der Waals surface area contributed by atoms with E-state index in [0.717, 1.165) is 70.1 Å². The number of benzene rings is 1. The lowest BCUT2D eigenvalue weighted by Crippen LogP contribution is -2.41. The minimum absolute atomic E-state index is 0.168. The zero-order valence-corrected chi connectivity index (χ0v) is 16.3. The number of nitrogens with zero attached hydrogens (tertiary/aromatic N) is 1. The van der Waals surface area contributed by atoms with E-state index in [0.29, 0.717) is 11.9 Å². The molecular formula is C21H33FN4O. The van der Waals surface area contributed by atoms with E-state index >= 15 is 0 Å². The molecule has 0 radical (unpaired) electrons. The van der Waals surface area contributed by atoms with E-state index < -0.39 is 0 Å². The van der Waals surface area contributed by atoms with Crippen molar-refractivity contribution in [2.75, 3.05) is 26.7 Å².